The van der Waals surface area contributed by atoms with Crippen molar-refractivity contribution in [2.45, 2.75) is 70.6 Å². The molecule has 0 N–H and O–H groups in total. The molecule has 0 radical (unpaired) electrons. The molecule has 1 heteroatoms. The fourth-order valence-corrected chi connectivity index (χ4v) is 3.85. The Balaban J connectivity index is 1.94. The molecule has 0 saturated heterocycles. The maximum Gasteiger partial charge on any atom is 0.0436 e. The van der Waals surface area contributed by atoms with E-state index < -0.39 is 0 Å². The third-order valence-corrected chi connectivity index (χ3v) is 4.94. The third-order valence-electron chi connectivity index (χ3n) is 4.63. The highest BCUT2D eigenvalue weighted by Crippen LogP contribution is 2.33. The van der Waals surface area contributed by atoms with Gasteiger partial charge in [-0.1, -0.05) is 56.6 Å². The van der Waals surface area contributed by atoms with Crippen molar-refractivity contribution in [2.75, 3.05) is 5.88 Å². The zero-order valence-electron chi connectivity index (χ0n) is 11.1. The van der Waals surface area contributed by atoms with Gasteiger partial charge in [0.1, 0.15) is 0 Å². The highest BCUT2D eigenvalue weighted by atomic mass is 35.5. The van der Waals surface area contributed by atoms with E-state index in [2.05, 4.69) is 6.08 Å². The fourth-order valence-electron chi connectivity index (χ4n) is 3.54. The van der Waals surface area contributed by atoms with Crippen molar-refractivity contribution >= 4 is 11.6 Å². The number of hydrogen-bond donors (Lipinski definition) is 0. The summed E-state index contributed by atoms with van der Waals surface area (Å²) >= 11 is 6.19. The zero-order valence-corrected chi connectivity index (χ0v) is 11.9. The van der Waals surface area contributed by atoms with Crippen molar-refractivity contribution in [1.82, 2.24) is 0 Å². The van der Waals surface area contributed by atoms with Gasteiger partial charge in [0, 0.05) is 5.88 Å². The number of hydrogen-bond acceptors (Lipinski definition) is 0. The minimum atomic E-state index is 0.779. The highest BCUT2D eigenvalue weighted by Gasteiger charge is 2.19. The summed E-state index contributed by atoms with van der Waals surface area (Å²) in [6.07, 6.45) is 18.2. The summed E-state index contributed by atoms with van der Waals surface area (Å²) in [5, 5.41) is 0. The van der Waals surface area contributed by atoms with Gasteiger partial charge in [0.15, 0.2) is 0 Å². The topological polar surface area (TPSA) is 0 Å². The fraction of sp³-hybridized carbons (Fsp3) is 0.875. The van der Waals surface area contributed by atoms with Crippen LogP contribution in [0.2, 0.25) is 0 Å². The SMILES string of the molecule is ClCC(=CC1CCCCCC1)C1CCCCC1. The molecule has 0 nitrogen and oxygen atoms in total. The lowest BCUT2D eigenvalue weighted by atomic mass is 9.82. The minimum absolute atomic E-state index is 0.779. The number of halogens is 1. The Morgan fingerprint density at radius 3 is 1.94 bits per heavy atom. The van der Waals surface area contributed by atoms with Crippen molar-refractivity contribution in [1.29, 1.82) is 0 Å². The van der Waals surface area contributed by atoms with Gasteiger partial charge in [-0.2, -0.15) is 0 Å². The Morgan fingerprint density at radius 2 is 1.35 bits per heavy atom. The smallest absolute Gasteiger partial charge is 0.0436 e. The molecule has 2 aliphatic carbocycles. The molecule has 17 heavy (non-hydrogen) atoms. The number of rotatable bonds is 3. The van der Waals surface area contributed by atoms with E-state index in [0.29, 0.717) is 0 Å². The predicted molar refractivity (Wildman–Crippen MR) is 76.6 cm³/mol. The van der Waals surface area contributed by atoms with Gasteiger partial charge >= 0.3 is 0 Å². The molecule has 0 aromatic carbocycles. The largest absolute Gasteiger partial charge is 0.122 e. The molecule has 0 aromatic heterocycles. The Hall–Kier alpha value is 0.0300. The molecular formula is C16H27Cl. The van der Waals surface area contributed by atoms with Crippen molar-refractivity contribution in [3.05, 3.63) is 11.6 Å². The van der Waals surface area contributed by atoms with Gasteiger partial charge in [0.05, 0.1) is 0 Å². The molecule has 0 amide bonds. The molecular weight excluding hydrogens is 228 g/mol. The summed E-state index contributed by atoms with van der Waals surface area (Å²) in [6, 6.07) is 0. The summed E-state index contributed by atoms with van der Waals surface area (Å²) in [6.45, 7) is 0. The Kier molecular flexibility index (Phi) is 5.91. The van der Waals surface area contributed by atoms with Crippen LogP contribution in [-0.2, 0) is 0 Å². The van der Waals surface area contributed by atoms with Crippen molar-refractivity contribution < 1.29 is 0 Å². The van der Waals surface area contributed by atoms with E-state index in [1.54, 1.807) is 5.57 Å². The van der Waals surface area contributed by atoms with E-state index in [1.165, 1.54) is 70.6 Å². The maximum atomic E-state index is 6.19. The lowest BCUT2D eigenvalue weighted by molar-refractivity contribution is 0.399. The van der Waals surface area contributed by atoms with Gasteiger partial charge in [-0.15, -0.1) is 11.6 Å². The Labute approximate surface area is 112 Å². The molecule has 2 saturated carbocycles. The van der Waals surface area contributed by atoms with Gasteiger partial charge in [-0.05, 0) is 37.5 Å². The lowest BCUT2D eigenvalue weighted by Crippen LogP contribution is -2.12. The molecule has 2 rings (SSSR count). The molecule has 0 unspecified atom stereocenters. The van der Waals surface area contributed by atoms with E-state index in [-0.39, 0.29) is 0 Å². The Bertz CT molecular complexity index is 230. The summed E-state index contributed by atoms with van der Waals surface area (Å²) in [4.78, 5) is 0. The maximum absolute atomic E-state index is 6.19. The second-order valence-corrected chi connectivity index (χ2v) is 6.23. The van der Waals surface area contributed by atoms with Crippen LogP contribution in [0.5, 0.6) is 0 Å². The number of alkyl halides is 1. The van der Waals surface area contributed by atoms with Crippen molar-refractivity contribution in [3.63, 3.8) is 0 Å². The molecule has 0 heterocycles. The van der Waals surface area contributed by atoms with Gasteiger partial charge in [0.25, 0.3) is 0 Å². The predicted octanol–water partition coefficient (Wildman–Crippen LogP) is 5.70. The zero-order chi connectivity index (χ0) is 11.9. The monoisotopic (exact) mass is 254 g/mol. The molecule has 2 aliphatic rings. The van der Waals surface area contributed by atoms with Crippen LogP contribution in [0.3, 0.4) is 0 Å². The van der Waals surface area contributed by atoms with Crippen LogP contribution in [0, 0.1) is 11.8 Å². The van der Waals surface area contributed by atoms with Gasteiger partial charge < -0.3 is 0 Å². The molecule has 0 atom stereocenters. The standard InChI is InChI=1S/C16H27Cl/c17-13-16(15-10-6-3-7-11-15)12-14-8-4-1-2-5-9-14/h12,14-15H,1-11,13H2. The van der Waals surface area contributed by atoms with Crippen molar-refractivity contribution in [3.8, 4) is 0 Å². The van der Waals surface area contributed by atoms with Crippen LogP contribution in [-0.4, -0.2) is 5.88 Å². The third kappa shape index (κ3) is 4.32. The quantitative estimate of drug-likeness (QED) is 0.344. The molecule has 0 spiro atoms. The molecule has 0 aromatic rings. The van der Waals surface area contributed by atoms with E-state index in [1.807, 2.05) is 0 Å². The first kappa shape index (κ1) is 13.5. The van der Waals surface area contributed by atoms with Crippen LogP contribution >= 0.6 is 11.6 Å². The molecule has 0 aliphatic heterocycles. The average molecular weight is 255 g/mol. The molecule has 0 bridgehead atoms. The van der Waals surface area contributed by atoms with Crippen LogP contribution < -0.4 is 0 Å². The first-order chi connectivity index (χ1) is 8.40. The summed E-state index contributed by atoms with van der Waals surface area (Å²) in [5.41, 5.74) is 1.58. The summed E-state index contributed by atoms with van der Waals surface area (Å²) in [7, 11) is 0. The van der Waals surface area contributed by atoms with Crippen molar-refractivity contribution in [2.24, 2.45) is 11.8 Å². The summed E-state index contributed by atoms with van der Waals surface area (Å²) < 4.78 is 0. The highest BCUT2D eigenvalue weighted by molar-refractivity contribution is 6.19. The first-order valence-corrected chi connectivity index (χ1v) is 8.20. The van der Waals surface area contributed by atoms with Crippen LogP contribution in [0.25, 0.3) is 0 Å². The normalized spacial score (nSPS) is 25.8. The van der Waals surface area contributed by atoms with E-state index in [9.17, 15) is 0 Å². The van der Waals surface area contributed by atoms with Crippen LogP contribution in [0.4, 0.5) is 0 Å². The first-order valence-electron chi connectivity index (χ1n) is 7.66. The Morgan fingerprint density at radius 1 is 0.824 bits per heavy atom. The second kappa shape index (κ2) is 7.46. The lowest BCUT2D eigenvalue weighted by Gasteiger charge is -2.25. The van der Waals surface area contributed by atoms with Gasteiger partial charge in [0.2, 0.25) is 0 Å². The molecule has 2 fully saturated rings. The minimum Gasteiger partial charge on any atom is -0.122 e. The second-order valence-electron chi connectivity index (χ2n) is 5.96. The summed E-state index contributed by atoms with van der Waals surface area (Å²) in [5.74, 6) is 2.44. The van der Waals surface area contributed by atoms with Gasteiger partial charge in [-0.25, -0.2) is 0 Å². The number of allylic oxidation sites excluding steroid dienone is 2. The molecule has 98 valence electrons. The van der Waals surface area contributed by atoms with Crippen LogP contribution in [0.15, 0.2) is 11.6 Å². The van der Waals surface area contributed by atoms with E-state index in [4.69, 9.17) is 11.6 Å². The van der Waals surface area contributed by atoms with E-state index in [0.717, 1.165) is 17.7 Å². The van der Waals surface area contributed by atoms with Crippen LogP contribution in [0.1, 0.15) is 70.6 Å². The average Bonchev–Trinajstić information content (AvgIpc) is 2.65. The van der Waals surface area contributed by atoms with Gasteiger partial charge in [-0.3, -0.25) is 0 Å². The van der Waals surface area contributed by atoms with E-state index >= 15 is 0 Å².